The highest BCUT2D eigenvalue weighted by molar-refractivity contribution is 5.46. The van der Waals surface area contributed by atoms with Gasteiger partial charge in [0.1, 0.15) is 13.2 Å². The lowest BCUT2D eigenvalue weighted by atomic mass is 9.84. The van der Waals surface area contributed by atoms with E-state index in [0.29, 0.717) is 72.4 Å². The normalized spacial score (nSPS) is 21.1. The highest BCUT2D eigenvalue weighted by Crippen LogP contribution is 2.45. The van der Waals surface area contributed by atoms with E-state index in [9.17, 15) is 5.11 Å². The molecule has 2 heterocycles. The fraction of sp³-hybridized carbons (Fsp3) is 0.447. The van der Waals surface area contributed by atoms with Gasteiger partial charge in [0, 0.05) is 18.4 Å². The third kappa shape index (κ3) is 10.4. The average Bonchev–Trinajstić information content (AvgIpc) is 3.88. The Morgan fingerprint density at radius 2 is 0.983 bits per heavy atom. The highest BCUT2D eigenvalue weighted by atomic mass is 16.6. The van der Waals surface area contributed by atoms with Gasteiger partial charge in [0.2, 0.25) is 0 Å². The smallest absolute Gasteiger partial charge is 0.161 e. The zero-order valence-corrected chi connectivity index (χ0v) is 35.0. The van der Waals surface area contributed by atoms with Crippen LogP contribution in [-0.2, 0) is 27.1 Å². The highest BCUT2D eigenvalue weighted by Gasteiger charge is 2.40. The molecular formula is C47H58O12. The zero-order chi connectivity index (χ0) is 41.7. The minimum absolute atomic E-state index is 0.00733. The number of ether oxygens (including phenoxy) is 11. The van der Waals surface area contributed by atoms with E-state index in [1.807, 2.05) is 66.7 Å². The lowest BCUT2D eigenvalue weighted by Crippen LogP contribution is -2.23. The predicted octanol–water partition coefficient (Wildman–Crippen LogP) is 7.48. The molecule has 0 unspecified atom stereocenters. The van der Waals surface area contributed by atoms with E-state index in [1.54, 1.807) is 48.7 Å². The number of aliphatic hydroxyl groups excluding tert-OH is 1. The number of hydrogen-bond acceptors (Lipinski definition) is 12. The summed E-state index contributed by atoms with van der Waals surface area (Å²) < 4.78 is 64.3. The van der Waals surface area contributed by atoms with Crippen LogP contribution in [0.25, 0.3) is 0 Å². The predicted molar refractivity (Wildman–Crippen MR) is 223 cm³/mol. The van der Waals surface area contributed by atoms with Crippen LogP contribution in [0, 0.1) is 23.7 Å². The average molecular weight is 815 g/mol. The summed E-state index contributed by atoms with van der Waals surface area (Å²) >= 11 is 0. The maximum atomic E-state index is 10.5. The molecule has 2 aliphatic rings. The lowest BCUT2D eigenvalue weighted by Gasteiger charge is -2.24. The first-order valence-electron chi connectivity index (χ1n) is 19.9. The first kappa shape index (κ1) is 43.4. The van der Waals surface area contributed by atoms with E-state index in [2.05, 4.69) is 12.6 Å². The molecule has 4 aromatic carbocycles. The number of benzene rings is 4. The monoisotopic (exact) mass is 814 g/mol. The largest absolute Gasteiger partial charge is 0.493 e. The fourth-order valence-corrected chi connectivity index (χ4v) is 8.19. The summed E-state index contributed by atoms with van der Waals surface area (Å²) in [6.45, 7) is 6.45. The van der Waals surface area contributed by atoms with Crippen molar-refractivity contribution in [1.29, 1.82) is 0 Å². The Bertz CT molecular complexity index is 1970. The Morgan fingerprint density at radius 3 is 1.49 bits per heavy atom. The van der Waals surface area contributed by atoms with Crippen LogP contribution in [-0.4, -0.2) is 94.0 Å². The van der Waals surface area contributed by atoms with Gasteiger partial charge in [0.05, 0.1) is 81.3 Å². The molecule has 12 nitrogen and oxygen atoms in total. The first-order chi connectivity index (χ1) is 28.9. The van der Waals surface area contributed by atoms with Gasteiger partial charge >= 0.3 is 0 Å². The molecule has 4 aromatic rings. The van der Waals surface area contributed by atoms with Crippen molar-refractivity contribution in [1.82, 2.24) is 0 Å². The van der Waals surface area contributed by atoms with Crippen LogP contribution >= 0.6 is 0 Å². The molecule has 0 spiro atoms. The first-order valence-corrected chi connectivity index (χ1v) is 19.9. The van der Waals surface area contributed by atoms with Crippen LogP contribution in [0.4, 0.5) is 0 Å². The molecule has 59 heavy (non-hydrogen) atoms. The van der Waals surface area contributed by atoms with Gasteiger partial charge < -0.3 is 57.2 Å². The molecule has 318 valence electrons. The fourth-order valence-electron chi connectivity index (χ4n) is 8.19. The molecule has 0 bridgehead atoms. The Labute approximate surface area is 347 Å². The Morgan fingerprint density at radius 1 is 0.559 bits per heavy atom. The van der Waals surface area contributed by atoms with Crippen molar-refractivity contribution in [2.45, 2.75) is 25.0 Å². The SMILES string of the molecule is C=CCOC[C@H]1[C@@H](Cc2ccc(OCCOc3ccc([C@H]4OC[C@H](Cc5ccc(OC)c(OC)c5)[C@@H]4CO)cc3OC)c(OC)c2)CO[C@@H]1c1ccc(OC)c(OC)c1. The van der Waals surface area contributed by atoms with Gasteiger partial charge in [-0.2, -0.15) is 0 Å². The van der Waals surface area contributed by atoms with E-state index >= 15 is 0 Å². The quantitative estimate of drug-likeness (QED) is 0.0626. The van der Waals surface area contributed by atoms with E-state index in [-0.39, 0.29) is 55.7 Å². The second kappa shape index (κ2) is 21.2. The van der Waals surface area contributed by atoms with Gasteiger partial charge in [-0.05, 0) is 95.5 Å². The second-order valence-electron chi connectivity index (χ2n) is 14.7. The number of rotatable bonds is 22. The Balaban J connectivity index is 1.04. The van der Waals surface area contributed by atoms with Crippen LogP contribution in [0.3, 0.4) is 0 Å². The minimum atomic E-state index is -0.288. The molecule has 2 fully saturated rings. The summed E-state index contributed by atoms with van der Waals surface area (Å²) in [6.07, 6.45) is 2.81. The lowest BCUT2D eigenvalue weighted by molar-refractivity contribution is 0.0490. The zero-order valence-electron chi connectivity index (χ0n) is 35.0. The number of aliphatic hydroxyl groups is 1. The summed E-state index contributed by atoms with van der Waals surface area (Å²) in [6, 6.07) is 23.6. The van der Waals surface area contributed by atoms with Crippen LogP contribution in [0.5, 0.6) is 46.0 Å². The molecule has 12 heteroatoms. The molecule has 0 saturated carbocycles. The molecule has 2 aliphatic heterocycles. The van der Waals surface area contributed by atoms with Gasteiger partial charge in [-0.3, -0.25) is 0 Å². The standard InChI is InChI=1S/C47H58O12/c1-8-17-55-29-37-35(28-59-47(37)33-11-15-39(50-3)44(24-33)53-6)21-31-10-14-40(43(23-31)52-5)56-18-19-57-41-16-12-32(25-45(41)54-7)46-36(26-48)34(27-58-46)20-30-9-13-38(49-2)42(22-30)51-4/h8-16,22-25,34-37,46-48H,1,17-21,26-29H2,2-7H3/t34-,35-,36-,37-,46+,47+/m0/s1. The molecule has 6 rings (SSSR count). The van der Waals surface area contributed by atoms with Gasteiger partial charge in [-0.25, -0.2) is 0 Å². The van der Waals surface area contributed by atoms with Gasteiger partial charge in [-0.15, -0.1) is 6.58 Å². The minimum Gasteiger partial charge on any atom is -0.493 e. The second-order valence-corrected chi connectivity index (χ2v) is 14.7. The Hall–Kier alpha value is -5.14. The van der Waals surface area contributed by atoms with Gasteiger partial charge in [-0.1, -0.05) is 30.3 Å². The molecule has 6 atom stereocenters. The van der Waals surface area contributed by atoms with E-state index in [0.717, 1.165) is 35.1 Å². The molecule has 0 aromatic heterocycles. The third-order valence-corrected chi connectivity index (χ3v) is 11.2. The summed E-state index contributed by atoms with van der Waals surface area (Å²) in [7, 11) is 9.76. The van der Waals surface area contributed by atoms with Crippen LogP contribution in [0.2, 0.25) is 0 Å². The molecule has 0 amide bonds. The van der Waals surface area contributed by atoms with Crippen LogP contribution in [0.15, 0.2) is 85.5 Å². The van der Waals surface area contributed by atoms with E-state index in [1.165, 1.54) is 0 Å². The molecule has 1 N–H and O–H groups in total. The topological polar surface area (TPSA) is 122 Å². The van der Waals surface area contributed by atoms with Crippen molar-refractivity contribution < 1.29 is 57.2 Å². The summed E-state index contributed by atoms with van der Waals surface area (Å²) in [5, 5.41) is 10.5. The van der Waals surface area contributed by atoms with Crippen LogP contribution in [0.1, 0.15) is 34.5 Å². The van der Waals surface area contributed by atoms with E-state index in [4.69, 9.17) is 52.1 Å². The van der Waals surface area contributed by atoms with Crippen molar-refractivity contribution in [3.8, 4) is 46.0 Å². The van der Waals surface area contributed by atoms with Crippen molar-refractivity contribution in [3.63, 3.8) is 0 Å². The van der Waals surface area contributed by atoms with Gasteiger partial charge in [0.25, 0.3) is 0 Å². The van der Waals surface area contributed by atoms with Crippen molar-refractivity contribution in [2.75, 3.05) is 88.9 Å². The molecule has 2 saturated heterocycles. The summed E-state index contributed by atoms with van der Waals surface area (Å²) in [5.74, 6) is 5.43. The third-order valence-electron chi connectivity index (χ3n) is 11.2. The molecule has 0 radical (unpaired) electrons. The number of methoxy groups -OCH3 is 6. The van der Waals surface area contributed by atoms with Crippen molar-refractivity contribution in [2.24, 2.45) is 23.7 Å². The molecule has 0 aliphatic carbocycles. The maximum absolute atomic E-state index is 10.5. The van der Waals surface area contributed by atoms with Crippen molar-refractivity contribution in [3.05, 3.63) is 108 Å². The van der Waals surface area contributed by atoms with Crippen LogP contribution < -0.4 is 37.9 Å². The number of hydrogen-bond donors (Lipinski definition) is 1. The van der Waals surface area contributed by atoms with Gasteiger partial charge in [0.15, 0.2) is 46.0 Å². The van der Waals surface area contributed by atoms with Crippen molar-refractivity contribution >= 4 is 0 Å². The summed E-state index contributed by atoms with van der Waals surface area (Å²) in [4.78, 5) is 0. The summed E-state index contributed by atoms with van der Waals surface area (Å²) in [5.41, 5.74) is 4.13. The molecular weight excluding hydrogens is 757 g/mol. The Kier molecular flexibility index (Phi) is 15.6. The maximum Gasteiger partial charge on any atom is 0.161 e. The van der Waals surface area contributed by atoms with E-state index < -0.39 is 0 Å².